The molecule has 1 N–H and O–H groups in total. The van der Waals surface area contributed by atoms with E-state index in [1.54, 1.807) is 26.0 Å². The zero-order valence-corrected chi connectivity index (χ0v) is 11.2. The number of carbonyl (C=O) groups is 2. The van der Waals surface area contributed by atoms with Crippen molar-refractivity contribution in [2.75, 3.05) is 0 Å². The van der Waals surface area contributed by atoms with Gasteiger partial charge in [-0.3, -0.25) is 0 Å². The van der Waals surface area contributed by atoms with Crippen LogP contribution in [0.2, 0.25) is 0 Å². The maximum absolute atomic E-state index is 11.4. The van der Waals surface area contributed by atoms with E-state index >= 15 is 0 Å². The average molecular weight is 268 g/mol. The van der Waals surface area contributed by atoms with Gasteiger partial charge in [0.15, 0.2) is 0 Å². The van der Waals surface area contributed by atoms with Crippen LogP contribution < -0.4 is 0 Å². The van der Waals surface area contributed by atoms with Crippen molar-refractivity contribution in [3.8, 4) is 0 Å². The molecule has 19 heavy (non-hydrogen) atoms. The summed E-state index contributed by atoms with van der Waals surface area (Å²) in [6.45, 7) is 3.46. The molecule has 1 heterocycles. The third kappa shape index (κ3) is 6.76. The first kappa shape index (κ1) is 15.4. The minimum atomic E-state index is -0.656. The van der Waals surface area contributed by atoms with Crippen LogP contribution in [0.1, 0.15) is 33.1 Å². The van der Waals surface area contributed by atoms with Gasteiger partial charge in [-0.05, 0) is 20.3 Å². The van der Waals surface area contributed by atoms with Crippen LogP contribution in [0, 0.1) is 0 Å². The molecular formula is C14H20O5. The van der Waals surface area contributed by atoms with Crippen molar-refractivity contribution in [3.63, 3.8) is 0 Å². The third-order valence-electron chi connectivity index (χ3n) is 2.62. The van der Waals surface area contributed by atoms with Crippen molar-refractivity contribution in [3.05, 3.63) is 24.3 Å². The summed E-state index contributed by atoms with van der Waals surface area (Å²) < 4.78 is 10.2. The molecule has 3 atom stereocenters. The fourth-order valence-electron chi connectivity index (χ4n) is 1.73. The van der Waals surface area contributed by atoms with Crippen molar-refractivity contribution in [2.45, 2.75) is 51.4 Å². The van der Waals surface area contributed by atoms with Crippen molar-refractivity contribution >= 4 is 11.9 Å². The van der Waals surface area contributed by atoms with Gasteiger partial charge in [0.25, 0.3) is 0 Å². The highest BCUT2D eigenvalue weighted by atomic mass is 16.5. The van der Waals surface area contributed by atoms with Gasteiger partial charge < -0.3 is 14.6 Å². The second kappa shape index (κ2) is 7.74. The smallest absolute Gasteiger partial charge is 0.330 e. The van der Waals surface area contributed by atoms with Crippen molar-refractivity contribution in [2.24, 2.45) is 0 Å². The van der Waals surface area contributed by atoms with Gasteiger partial charge in [-0.25, -0.2) is 9.59 Å². The van der Waals surface area contributed by atoms with Crippen LogP contribution in [0.3, 0.4) is 0 Å². The summed E-state index contributed by atoms with van der Waals surface area (Å²) >= 11 is 0. The Morgan fingerprint density at radius 1 is 1.00 bits per heavy atom. The number of esters is 2. The van der Waals surface area contributed by atoms with Crippen LogP contribution in [0.4, 0.5) is 0 Å². The summed E-state index contributed by atoms with van der Waals surface area (Å²) in [4.78, 5) is 22.8. The van der Waals surface area contributed by atoms with Gasteiger partial charge in [0.1, 0.15) is 12.2 Å². The lowest BCUT2D eigenvalue weighted by molar-refractivity contribution is -0.143. The monoisotopic (exact) mass is 268 g/mol. The average Bonchev–Trinajstić information content (AvgIpc) is 2.26. The molecule has 106 valence electrons. The molecule has 0 amide bonds. The first-order valence-electron chi connectivity index (χ1n) is 6.39. The van der Waals surface area contributed by atoms with Crippen molar-refractivity contribution in [1.29, 1.82) is 0 Å². The molecule has 1 aliphatic rings. The number of hydrogen-bond donors (Lipinski definition) is 1. The van der Waals surface area contributed by atoms with E-state index in [2.05, 4.69) is 0 Å². The molecule has 0 saturated heterocycles. The van der Waals surface area contributed by atoms with Gasteiger partial charge >= 0.3 is 11.9 Å². The quantitative estimate of drug-likeness (QED) is 0.674. The summed E-state index contributed by atoms with van der Waals surface area (Å²) in [7, 11) is 0. The Balaban J connectivity index is 2.69. The molecule has 5 nitrogen and oxygen atoms in total. The molecule has 0 spiro atoms. The van der Waals surface area contributed by atoms with E-state index in [0.29, 0.717) is 19.3 Å². The molecule has 5 heteroatoms. The van der Waals surface area contributed by atoms with Gasteiger partial charge in [0, 0.05) is 25.0 Å². The lowest BCUT2D eigenvalue weighted by atomic mass is 10.1. The third-order valence-corrected chi connectivity index (χ3v) is 2.62. The highest BCUT2D eigenvalue weighted by molar-refractivity contribution is 5.82. The predicted octanol–water partition coefficient (Wildman–Crippen LogP) is 1.51. The Bertz CT molecular complexity index is 372. The Morgan fingerprint density at radius 2 is 1.53 bits per heavy atom. The lowest BCUT2D eigenvalue weighted by Gasteiger charge is -2.16. The van der Waals surface area contributed by atoms with E-state index in [-0.39, 0.29) is 12.2 Å². The summed E-state index contributed by atoms with van der Waals surface area (Å²) in [5.41, 5.74) is 0. The Labute approximate surface area is 112 Å². The molecule has 0 bridgehead atoms. The first-order chi connectivity index (χ1) is 8.97. The summed E-state index contributed by atoms with van der Waals surface area (Å²) in [6.07, 6.45) is 5.56. The van der Waals surface area contributed by atoms with E-state index in [0.717, 1.165) is 0 Å². The number of hydrogen-bond acceptors (Lipinski definition) is 5. The molecule has 0 fully saturated rings. The topological polar surface area (TPSA) is 72.8 Å². The first-order valence-corrected chi connectivity index (χ1v) is 6.39. The summed E-state index contributed by atoms with van der Waals surface area (Å²) in [5, 5.41) is 9.70. The van der Waals surface area contributed by atoms with Gasteiger partial charge in [0.05, 0.1) is 6.10 Å². The number of rotatable bonds is 0. The fourth-order valence-corrected chi connectivity index (χ4v) is 1.73. The highest BCUT2D eigenvalue weighted by Crippen LogP contribution is 2.09. The molecule has 0 aromatic rings. The fraction of sp³-hybridized carbons (Fsp3) is 0.571. The lowest BCUT2D eigenvalue weighted by Crippen LogP contribution is -2.20. The van der Waals surface area contributed by atoms with E-state index in [9.17, 15) is 14.7 Å². The van der Waals surface area contributed by atoms with Crippen LogP contribution in [0.15, 0.2) is 24.3 Å². The maximum atomic E-state index is 11.4. The van der Waals surface area contributed by atoms with Crippen LogP contribution >= 0.6 is 0 Å². The molecule has 1 aliphatic heterocycles. The normalized spacial score (nSPS) is 30.4. The Morgan fingerprint density at radius 3 is 2.16 bits per heavy atom. The molecule has 0 aliphatic carbocycles. The second-order valence-corrected chi connectivity index (χ2v) is 4.66. The van der Waals surface area contributed by atoms with Crippen LogP contribution in [-0.2, 0) is 19.1 Å². The molecule has 0 radical (unpaired) electrons. The molecule has 1 rings (SSSR count). The molecule has 0 saturated carbocycles. The second-order valence-electron chi connectivity index (χ2n) is 4.66. The van der Waals surface area contributed by atoms with E-state index < -0.39 is 18.0 Å². The van der Waals surface area contributed by atoms with Crippen molar-refractivity contribution in [1.82, 2.24) is 0 Å². The highest BCUT2D eigenvalue weighted by Gasteiger charge is 2.13. The molecular weight excluding hydrogens is 248 g/mol. The number of carbonyl (C=O) groups excluding carboxylic acids is 2. The van der Waals surface area contributed by atoms with E-state index in [4.69, 9.17) is 9.47 Å². The van der Waals surface area contributed by atoms with Gasteiger partial charge in [0.2, 0.25) is 0 Å². The zero-order valence-electron chi connectivity index (χ0n) is 11.2. The Kier molecular flexibility index (Phi) is 6.29. The van der Waals surface area contributed by atoms with Crippen molar-refractivity contribution < 1.29 is 24.2 Å². The molecule has 0 aromatic heterocycles. The van der Waals surface area contributed by atoms with Gasteiger partial charge in [-0.1, -0.05) is 12.2 Å². The minimum Gasteiger partial charge on any atom is -0.459 e. The van der Waals surface area contributed by atoms with Crippen LogP contribution in [0.25, 0.3) is 0 Å². The molecule has 0 aromatic carbocycles. The van der Waals surface area contributed by atoms with E-state index in [1.165, 1.54) is 12.2 Å². The predicted molar refractivity (Wildman–Crippen MR) is 69.2 cm³/mol. The van der Waals surface area contributed by atoms with Crippen LogP contribution in [0.5, 0.6) is 0 Å². The number of ether oxygens (including phenoxy) is 2. The van der Waals surface area contributed by atoms with Crippen LogP contribution in [-0.4, -0.2) is 35.4 Å². The number of aliphatic hydroxyl groups is 1. The minimum absolute atomic E-state index is 0.313. The number of cyclic esters (lactones) is 2. The summed E-state index contributed by atoms with van der Waals surface area (Å²) in [5.74, 6) is -0.897. The Hall–Kier alpha value is -1.62. The SMILES string of the molecule is CC1CC=CC(=O)OC(C)CC(O)CC=CC(=O)O1. The van der Waals surface area contributed by atoms with E-state index in [1.807, 2.05) is 0 Å². The molecule has 3 unspecified atom stereocenters. The maximum Gasteiger partial charge on any atom is 0.330 e. The summed E-state index contributed by atoms with van der Waals surface area (Å²) in [6, 6.07) is 0. The largest absolute Gasteiger partial charge is 0.459 e. The zero-order chi connectivity index (χ0) is 14.3. The standard InChI is InChI=1S/C14H20O5/c1-10-5-3-7-14(17)19-11(2)9-12(15)6-4-8-13(16)18-10/h3-4,7-8,10-12,15H,5-6,9H2,1-2H3. The van der Waals surface area contributed by atoms with Gasteiger partial charge in [-0.2, -0.15) is 0 Å². The van der Waals surface area contributed by atoms with Gasteiger partial charge in [-0.15, -0.1) is 0 Å². The number of aliphatic hydroxyl groups excluding tert-OH is 1.